The molecule has 1 aliphatic rings. The van der Waals surface area contributed by atoms with Crippen molar-refractivity contribution in [2.45, 2.75) is 12.6 Å². The third kappa shape index (κ3) is 1.24. The van der Waals surface area contributed by atoms with E-state index in [1.54, 1.807) is 6.08 Å². The monoisotopic (exact) mass is 184 g/mol. The Bertz CT molecular complexity index is 369. The summed E-state index contributed by atoms with van der Waals surface area (Å²) in [7, 11) is 0. The number of rotatable bonds is 0. The second-order valence-electron chi connectivity index (χ2n) is 2.97. The van der Waals surface area contributed by atoms with Gasteiger partial charge in [-0.25, -0.2) is 13.2 Å². The molecule has 1 aromatic rings. The van der Waals surface area contributed by atoms with Crippen LogP contribution in [0.25, 0.3) is 0 Å². The summed E-state index contributed by atoms with van der Waals surface area (Å²) in [5.74, 6) is -2.05. The number of hydrogen-bond donors (Lipinski definition) is 0. The average Bonchev–Trinajstić information content (AvgIpc) is 2.12. The van der Waals surface area contributed by atoms with E-state index in [2.05, 4.69) is 0 Å². The molecule has 2 rings (SSSR count). The zero-order valence-corrected chi connectivity index (χ0v) is 6.73. The predicted molar refractivity (Wildman–Crippen MR) is 43.1 cm³/mol. The highest BCUT2D eigenvalue weighted by Crippen LogP contribution is 2.31. The minimum Gasteiger partial charge on any atom is -0.238 e. The molecule has 0 fully saturated rings. The molecule has 1 aliphatic carbocycles. The van der Waals surface area contributed by atoms with Crippen molar-refractivity contribution in [2.24, 2.45) is 0 Å². The summed E-state index contributed by atoms with van der Waals surface area (Å²) in [5.41, 5.74) is 0.372. The Morgan fingerprint density at radius 3 is 2.77 bits per heavy atom. The van der Waals surface area contributed by atoms with E-state index in [1.807, 2.05) is 0 Å². The number of benzene rings is 1. The number of alkyl halides is 1. The fourth-order valence-corrected chi connectivity index (χ4v) is 1.49. The van der Waals surface area contributed by atoms with Gasteiger partial charge in [0.2, 0.25) is 0 Å². The molecule has 0 aliphatic heterocycles. The van der Waals surface area contributed by atoms with E-state index >= 15 is 0 Å². The molecule has 0 nitrogen and oxygen atoms in total. The smallest absolute Gasteiger partial charge is 0.165 e. The molecule has 13 heavy (non-hydrogen) atoms. The quantitative estimate of drug-likeness (QED) is 0.543. The minimum atomic E-state index is -1.51. The normalized spacial score (nSPS) is 20.1. The second-order valence-corrected chi connectivity index (χ2v) is 2.97. The molecule has 68 valence electrons. The lowest BCUT2D eigenvalue weighted by Gasteiger charge is -2.15. The van der Waals surface area contributed by atoms with Gasteiger partial charge in [0.05, 0.1) is 0 Å². The molecule has 1 atom stereocenters. The fraction of sp³-hybridized carbons (Fsp3) is 0.200. The lowest BCUT2D eigenvalue weighted by Crippen LogP contribution is -2.05. The Morgan fingerprint density at radius 1 is 1.23 bits per heavy atom. The molecule has 0 heterocycles. The van der Waals surface area contributed by atoms with Gasteiger partial charge in [-0.1, -0.05) is 12.1 Å². The third-order valence-corrected chi connectivity index (χ3v) is 2.14. The highest BCUT2D eigenvalue weighted by molar-refractivity contribution is 5.37. The maximum atomic E-state index is 13.1. The van der Waals surface area contributed by atoms with Crippen molar-refractivity contribution in [3.8, 4) is 0 Å². The van der Waals surface area contributed by atoms with Gasteiger partial charge in [0.15, 0.2) is 11.6 Å². The first-order valence-electron chi connectivity index (χ1n) is 3.97. The maximum absolute atomic E-state index is 13.1. The van der Waals surface area contributed by atoms with Crippen molar-refractivity contribution in [3.63, 3.8) is 0 Å². The molecule has 0 spiro atoms. The van der Waals surface area contributed by atoms with Crippen LogP contribution in [0.2, 0.25) is 0 Å². The molecule has 1 unspecified atom stereocenters. The minimum absolute atomic E-state index is 0.150. The molecule has 0 aromatic heterocycles. The third-order valence-electron chi connectivity index (χ3n) is 2.14. The van der Waals surface area contributed by atoms with Gasteiger partial charge in [-0.15, -0.1) is 0 Å². The molecule has 0 saturated carbocycles. The highest BCUT2D eigenvalue weighted by Gasteiger charge is 2.21. The molecule has 0 bridgehead atoms. The van der Waals surface area contributed by atoms with Gasteiger partial charge in [0.1, 0.15) is 6.17 Å². The highest BCUT2D eigenvalue weighted by atomic mass is 19.2. The van der Waals surface area contributed by atoms with E-state index in [-0.39, 0.29) is 5.56 Å². The zero-order valence-electron chi connectivity index (χ0n) is 6.73. The van der Waals surface area contributed by atoms with E-state index in [9.17, 15) is 13.2 Å². The molecule has 0 N–H and O–H groups in total. The first-order chi connectivity index (χ1) is 6.20. The van der Waals surface area contributed by atoms with Crippen LogP contribution >= 0.6 is 0 Å². The number of allylic oxidation sites excluding steroid dienone is 2. The Balaban J connectivity index is 2.63. The maximum Gasteiger partial charge on any atom is 0.165 e. The molecule has 3 heteroatoms. The Kier molecular flexibility index (Phi) is 1.87. The first kappa shape index (κ1) is 8.35. The van der Waals surface area contributed by atoms with E-state index < -0.39 is 17.8 Å². The average molecular weight is 184 g/mol. The van der Waals surface area contributed by atoms with E-state index in [4.69, 9.17) is 0 Å². The van der Waals surface area contributed by atoms with Crippen LogP contribution in [0.4, 0.5) is 13.2 Å². The summed E-state index contributed by atoms with van der Waals surface area (Å²) >= 11 is 0. The lowest BCUT2D eigenvalue weighted by atomic mass is 9.95. The summed E-state index contributed by atoms with van der Waals surface area (Å²) in [6.45, 7) is 0. The van der Waals surface area contributed by atoms with Crippen LogP contribution in [0.5, 0.6) is 0 Å². The molecule has 0 radical (unpaired) electrons. The Hall–Kier alpha value is -1.25. The van der Waals surface area contributed by atoms with E-state index in [0.717, 1.165) is 6.07 Å². The Labute approximate surface area is 73.7 Å². The summed E-state index contributed by atoms with van der Waals surface area (Å²) < 4.78 is 38.9. The number of hydrogen-bond acceptors (Lipinski definition) is 0. The molecular weight excluding hydrogens is 177 g/mol. The topological polar surface area (TPSA) is 0 Å². The van der Waals surface area contributed by atoms with Crippen molar-refractivity contribution in [1.29, 1.82) is 0 Å². The second kappa shape index (κ2) is 2.91. The molecule has 0 saturated heterocycles. The van der Waals surface area contributed by atoms with Crippen LogP contribution < -0.4 is 0 Å². The summed E-state index contributed by atoms with van der Waals surface area (Å²) in [5, 5.41) is 0. The van der Waals surface area contributed by atoms with E-state index in [1.165, 1.54) is 12.1 Å². The fourth-order valence-electron chi connectivity index (χ4n) is 1.49. The van der Waals surface area contributed by atoms with Gasteiger partial charge in [-0.2, -0.15) is 0 Å². The van der Waals surface area contributed by atoms with Crippen molar-refractivity contribution in [2.75, 3.05) is 0 Å². The molecule has 0 amide bonds. The van der Waals surface area contributed by atoms with Crippen molar-refractivity contribution < 1.29 is 13.2 Å². The van der Waals surface area contributed by atoms with Gasteiger partial charge in [0.25, 0.3) is 0 Å². The zero-order chi connectivity index (χ0) is 9.42. The van der Waals surface area contributed by atoms with Crippen molar-refractivity contribution in [3.05, 3.63) is 47.0 Å². The van der Waals surface area contributed by atoms with Gasteiger partial charge in [0, 0.05) is 5.56 Å². The van der Waals surface area contributed by atoms with E-state index in [0.29, 0.717) is 12.0 Å². The molecule has 1 aromatic carbocycles. The van der Waals surface area contributed by atoms with Crippen molar-refractivity contribution >= 4 is 0 Å². The first-order valence-corrected chi connectivity index (χ1v) is 3.97. The van der Waals surface area contributed by atoms with Gasteiger partial charge in [-0.05, 0) is 24.1 Å². The van der Waals surface area contributed by atoms with Crippen LogP contribution in [0.15, 0.2) is 24.3 Å². The van der Waals surface area contributed by atoms with Crippen LogP contribution in [0, 0.1) is 11.6 Å². The number of fused-ring (bicyclic) bond motifs is 1. The summed E-state index contributed by atoms with van der Waals surface area (Å²) in [6, 6.07) is 2.45. The summed E-state index contributed by atoms with van der Waals surface area (Å²) in [4.78, 5) is 0. The Morgan fingerprint density at radius 2 is 2.00 bits per heavy atom. The van der Waals surface area contributed by atoms with Gasteiger partial charge < -0.3 is 0 Å². The van der Waals surface area contributed by atoms with Crippen LogP contribution in [-0.4, -0.2) is 0 Å². The lowest BCUT2D eigenvalue weighted by molar-refractivity contribution is 0.382. The van der Waals surface area contributed by atoms with Crippen molar-refractivity contribution in [1.82, 2.24) is 0 Å². The molecular formula is C10H7F3. The number of halogens is 3. The largest absolute Gasteiger partial charge is 0.238 e. The van der Waals surface area contributed by atoms with Crippen LogP contribution in [0.1, 0.15) is 17.3 Å². The SMILES string of the molecule is Fc1ccc2c(c1F)C(F)C=CC2. The van der Waals surface area contributed by atoms with Gasteiger partial charge >= 0.3 is 0 Å². The van der Waals surface area contributed by atoms with Gasteiger partial charge in [-0.3, -0.25) is 0 Å². The standard InChI is InChI=1S/C10H7F3/c11-7-3-1-2-6-4-5-8(12)10(13)9(6)7/h1,3-5,7H,2H2. The van der Waals surface area contributed by atoms with Crippen LogP contribution in [0.3, 0.4) is 0 Å². The predicted octanol–water partition coefficient (Wildman–Crippen LogP) is 3.09. The summed E-state index contributed by atoms with van der Waals surface area (Å²) in [6.07, 6.45) is 1.81. The van der Waals surface area contributed by atoms with Crippen LogP contribution in [-0.2, 0) is 6.42 Å².